The molecule has 0 amide bonds. The van der Waals surface area contributed by atoms with Gasteiger partial charge in [0, 0.05) is 54.7 Å². The van der Waals surface area contributed by atoms with E-state index in [-0.39, 0.29) is 0 Å². The molecule has 206 valence electrons. The van der Waals surface area contributed by atoms with Crippen molar-refractivity contribution in [3.63, 3.8) is 0 Å². The minimum atomic E-state index is -1.26. The SMILES string of the molecule is Clc1ccc(N2CCN(CCCc3nn(-c4ccccc4)c4c3CCCC4)CC2)cc1.O=C(O)/C=C\C(=O)O. The van der Waals surface area contributed by atoms with Crippen molar-refractivity contribution >= 4 is 29.2 Å². The maximum Gasteiger partial charge on any atom is 0.328 e. The fourth-order valence-electron chi connectivity index (χ4n) is 5.15. The average Bonchev–Trinajstić information content (AvgIpc) is 3.32. The highest BCUT2D eigenvalue weighted by molar-refractivity contribution is 6.30. The number of carboxylic acids is 2. The first kappa shape index (κ1) is 28.4. The molecule has 1 fully saturated rings. The highest BCUT2D eigenvalue weighted by Gasteiger charge is 2.22. The summed E-state index contributed by atoms with van der Waals surface area (Å²) in [6.07, 6.45) is 8.31. The molecule has 39 heavy (non-hydrogen) atoms. The molecule has 0 unspecified atom stereocenters. The highest BCUT2D eigenvalue weighted by Crippen LogP contribution is 2.28. The number of fused-ring (bicyclic) bond motifs is 1. The smallest absolute Gasteiger partial charge is 0.328 e. The third kappa shape index (κ3) is 8.18. The predicted molar refractivity (Wildman–Crippen MR) is 153 cm³/mol. The molecule has 2 N–H and O–H groups in total. The second-order valence-corrected chi connectivity index (χ2v) is 10.2. The van der Waals surface area contributed by atoms with E-state index in [0.29, 0.717) is 12.2 Å². The molecule has 0 bridgehead atoms. The molecule has 3 aromatic rings. The van der Waals surface area contributed by atoms with Crippen molar-refractivity contribution in [2.75, 3.05) is 37.6 Å². The summed E-state index contributed by atoms with van der Waals surface area (Å²) in [5.41, 5.74) is 6.79. The van der Waals surface area contributed by atoms with Crippen LogP contribution in [0.3, 0.4) is 0 Å². The molecule has 1 aliphatic carbocycles. The van der Waals surface area contributed by atoms with Crippen LogP contribution < -0.4 is 4.90 Å². The molecule has 1 aliphatic heterocycles. The molecule has 1 saturated heterocycles. The van der Waals surface area contributed by atoms with Gasteiger partial charge in [0.2, 0.25) is 0 Å². The van der Waals surface area contributed by atoms with Crippen molar-refractivity contribution in [2.45, 2.75) is 38.5 Å². The van der Waals surface area contributed by atoms with E-state index in [4.69, 9.17) is 26.9 Å². The van der Waals surface area contributed by atoms with Crippen molar-refractivity contribution < 1.29 is 19.8 Å². The fraction of sp³-hybridized carbons (Fsp3) is 0.367. The quantitative estimate of drug-likeness (QED) is 0.386. The minimum Gasteiger partial charge on any atom is -0.478 e. The first-order valence-electron chi connectivity index (χ1n) is 13.4. The summed E-state index contributed by atoms with van der Waals surface area (Å²) in [4.78, 5) is 24.2. The number of aryl methyl sites for hydroxylation is 1. The van der Waals surface area contributed by atoms with Crippen LogP contribution in [0.5, 0.6) is 0 Å². The van der Waals surface area contributed by atoms with Gasteiger partial charge in [0.15, 0.2) is 0 Å². The summed E-state index contributed by atoms with van der Waals surface area (Å²) < 4.78 is 2.22. The third-order valence-corrected chi connectivity index (χ3v) is 7.34. The molecule has 8 nitrogen and oxygen atoms in total. The lowest BCUT2D eigenvalue weighted by atomic mass is 9.94. The highest BCUT2D eigenvalue weighted by atomic mass is 35.5. The Kier molecular flexibility index (Phi) is 10.2. The van der Waals surface area contributed by atoms with Crippen LogP contribution in [0.15, 0.2) is 66.7 Å². The van der Waals surface area contributed by atoms with Gasteiger partial charge in [0.05, 0.1) is 11.4 Å². The lowest BCUT2D eigenvalue weighted by molar-refractivity contribution is -0.134. The zero-order valence-corrected chi connectivity index (χ0v) is 22.8. The molecular formula is C30H35ClN4O4. The van der Waals surface area contributed by atoms with E-state index in [1.165, 1.54) is 54.0 Å². The Morgan fingerprint density at radius 2 is 1.49 bits per heavy atom. The summed E-state index contributed by atoms with van der Waals surface area (Å²) >= 11 is 6.03. The van der Waals surface area contributed by atoms with Crippen LogP contribution in [0.2, 0.25) is 5.02 Å². The first-order valence-corrected chi connectivity index (χ1v) is 13.8. The monoisotopic (exact) mass is 550 g/mol. The molecule has 2 aromatic carbocycles. The number of aromatic nitrogens is 2. The van der Waals surface area contributed by atoms with Crippen molar-refractivity contribution in [1.82, 2.24) is 14.7 Å². The van der Waals surface area contributed by atoms with E-state index < -0.39 is 11.9 Å². The largest absolute Gasteiger partial charge is 0.478 e. The minimum absolute atomic E-state index is 0.558. The molecule has 1 aromatic heterocycles. The standard InChI is InChI=1S/C26H31ClN4.C4H4O4/c27-21-12-14-22(15-13-21)30-19-17-29(18-20-30)16-6-10-25-24-9-4-5-11-26(24)31(28-25)23-7-2-1-3-8-23;5-3(6)1-2-4(7)8/h1-3,7-8,12-15H,4-6,9-11,16-20H2;1-2H,(H,5,6)(H,7,8)/b;2-1-. The van der Waals surface area contributed by atoms with Gasteiger partial charge in [-0.15, -0.1) is 0 Å². The van der Waals surface area contributed by atoms with Crippen LogP contribution in [0, 0.1) is 0 Å². The normalized spacial score (nSPS) is 15.5. The fourth-order valence-corrected chi connectivity index (χ4v) is 5.28. The Morgan fingerprint density at radius 1 is 0.846 bits per heavy atom. The number of nitrogens with zero attached hydrogens (tertiary/aromatic N) is 4. The van der Waals surface area contributed by atoms with Crippen LogP contribution in [0.4, 0.5) is 5.69 Å². The van der Waals surface area contributed by atoms with Gasteiger partial charge in [0.1, 0.15) is 0 Å². The number of rotatable bonds is 8. The van der Waals surface area contributed by atoms with Gasteiger partial charge in [-0.05, 0) is 87.0 Å². The lowest BCUT2D eigenvalue weighted by Gasteiger charge is -2.36. The maximum absolute atomic E-state index is 9.55. The number of carbonyl (C=O) groups is 2. The number of para-hydroxylation sites is 1. The predicted octanol–water partition coefficient (Wildman–Crippen LogP) is 4.87. The number of halogens is 1. The number of benzene rings is 2. The molecule has 0 atom stereocenters. The van der Waals surface area contributed by atoms with Gasteiger partial charge >= 0.3 is 11.9 Å². The van der Waals surface area contributed by atoms with Gasteiger partial charge in [-0.2, -0.15) is 5.10 Å². The number of carboxylic acid groups (broad SMARTS) is 2. The average molecular weight is 551 g/mol. The van der Waals surface area contributed by atoms with E-state index in [2.05, 4.69) is 56.9 Å². The zero-order valence-electron chi connectivity index (χ0n) is 22.0. The number of piperazine rings is 1. The zero-order chi connectivity index (χ0) is 27.6. The van der Waals surface area contributed by atoms with Gasteiger partial charge in [-0.3, -0.25) is 4.90 Å². The van der Waals surface area contributed by atoms with Gasteiger partial charge < -0.3 is 15.1 Å². The summed E-state index contributed by atoms with van der Waals surface area (Å²) in [6.45, 7) is 5.57. The van der Waals surface area contributed by atoms with E-state index in [1.807, 2.05) is 12.1 Å². The second kappa shape index (κ2) is 14.0. The second-order valence-electron chi connectivity index (χ2n) is 9.74. The molecule has 0 spiro atoms. The van der Waals surface area contributed by atoms with Gasteiger partial charge in [0.25, 0.3) is 0 Å². The van der Waals surface area contributed by atoms with Crippen LogP contribution in [0.1, 0.15) is 36.2 Å². The third-order valence-electron chi connectivity index (χ3n) is 7.08. The Balaban J connectivity index is 0.000000386. The van der Waals surface area contributed by atoms with Crippen LogP contribution in [-0.2, 0) is 28.9 Å². The van der Waals surface area contributed by atoms with E-state index in [1.54, 1.807) is 0 Å². The van der Waals surface area contributed by atoms with Crippen molar-refractivity contribution in [2.24, 2.45) is 0 Å². The summed E-state index contributed by atoms with van der Waals surface area (Å²) in [7, 11) is 0. The molecule has 0 saturated carbocycles. The van der Waals surface area contributed by atoms with E-state index in [0.717, 1.165) is 50.6 Å². The van der Waals surface area contributed by atoms with Gasteiger partial charge in [-0.1, -0.05) is 29.8 Å². The van der Waals surface area contributed by atoms with Crippen molar-refractivity contribution in [3.05, 3.63) is 88.7 Å². The van der Waals surface area contributed by atoms with Crippen molar-refractivity contribution in [3.8, 4) is 5.69 Å². The molecule has 9 heteroatoms. The maximum atomic E-state index is 9.55. The Bertz CT molecular complexity index is 1250. The van der Waals surface area contributed by atoms with Gasteiger partial charge in [-0.25, -0.2) is 14.3 Å². The van der Waals surface area contributed by atoms with Crippen LogP contribution in [0.25, 0.3) is 5.69 Å². The topological polar surface area (TPSA) is 98.9 Å². The first-order chi connectivity index (χ1) is 18.9. The molecule has 5 rings (SSSR count). The number of aliphatic carboxylic acids is 2. The molecule has 0 radical (unpaired) electrons. The van der Waals surface area contributed by atoms with Crippen LogP contribution >= 0.6 is 11.6 Å². The lowest BCUT2D eigenvalue weighted by Crippen LogP contribution is -2.46. The molecule has 2 heterocycles. The Hall–Kier alpha value is -3.62. The molecular weight excluding hydrogens is 516 g/mol. The van der Waals surface area contributed by atoms with Crippen molar-refractivity contribution in [1.29, 1.82) is 0 Å². The number of hydrogen-bond donors (Lipinski definition) is 2. The van der Waals surface area contributed by atoms with E-state index in [9.17, 15) is 9.59 Å². The summed E-state index contributed by atoms with van der Waals surface area (Å²) in [6, 6.07) is 18.9. The number of anilines is 1. The van der Waals surface area contributed by atoms with E-state index >= 15 is 0 Å². The molecule has 2 aliphatic rings. The summed E-state index contributed by atoms with van der Waals surface area (Å²) in [5.74, 6) is -2.51. The van der Waals surface area contributed by atoms with Crippen LogP contribution in [-0.4, -0.2) is 69.6 Å². The summed E-state index contributed by atoms with van der Waals surface area (Å²) in [5, 5.41) is 21.5. The number of hydrogen-bond acceptors (Lipinski definition) is 5. The Labute approximate surface area is 234 Å². The Morgan fingerprint density at radius 3 is 2.13 bits per heavy atom.